The van der Waals surface area contributed by atoms with Crippen LogP contribution < -0.4 is 5.32 Å². The van der Waals surface area contributed by atoms with Gasteiger partial charge in [0.2, 0.25) is 0 Å². The normalized spacial score (nSPS) is 18.6. The fourth-order valence-corrected chi connectivity index (χ4v) is 3.62. The van der Waals surface area contributed by atoms with Crippen molar-refractivity contribution in [1.82, 2.24) is 19.7 Å². The molecule has 0 saturated carbocycles. The Labute approximate surface area is 166 Å². The Morgan fingerprint density at radius 1 is 1.45 bits per heavy atom. The first-order chi connectivity index (χ1) is 13.9. The third kappa shape index (κ3) is 3.30. The number of anilines is 1. The van der Waals surface area contributed by atoms with E-state index in [0.717, 1.165) is 11.8 Å². The van der Waals surface area contributed by atoms with Gasteiger partial charge in [0.1, 0.15) is 17.6 Å². The summed E-state index contributed by atoms with van der Waals surface area (Å²) in [6, 6.07) is 5.02. The molecular formula is C19H19FN6O3. The van der Waals surface area contributed by atoms with E-state index >= 15 is 0 Å². The van der Waals surface area contributed by atoms with Crippen molar-refractivity contribution in [1.29, 1.82) is 5.26 Å². The summed E-state index contributed by atoms with van der Waals surface area (Å²) in [5, 5.41) is 17.4. The van der Waals surface area contributed by atoms with Crippen LogP contribution in [0.2, 0.25) is 0 Å². The molecule has 0 bridgehead atoms. The minimum absolute atomic E-state index is 0.146. The van der Waals surface area contributed by atoms with E-state index in [9.17, 15) is 14.0 Å². The molecule has 1 N–H and O–H groups in total. The molecule has 1 aromatic carbocycles. The molecule has 0 radical (unpaired) electrons. The summed E-state index contributed by atoms with van der Waals surface area (Å²) in [4.78, 5) is 32.5. The summed E-state index contributed by atoms with van der Waals surface area (Å²) in [6.07, 6.45) is 0.507. The summed E-state index contributed by atoms with van der Waals surface area (Å²) in [5.41, 5.74) is 2.11. The summed E-state index contributed by atoms with van der Waals surface area (Å²) in [6.45, 7) is 2.89. The van der Waals surface area contributed by atoms with E-state index < -0.39 is 11.8 Å². The second-order valence-corrected chi connectivity index (χ2v) is 7.05. The van der Waals surface area contributed by atoms with Crippen LogP contribution in [0.25, 0.3) is 0 Å². The van der Waals surface area contributed by atoms with Crippen LogP contribution in [0, 0.1) is 17.1 Å². The van der Waals surface area contributed by atoms with E-state index in [2.05, 4.69) is 10.4 Å². The van der Waals surface area contributed by atoms with Crippen molar-refractivity contribution in [3.05, 3.63) is 46.5 Å². The van der Waals surface area contributed by atoms with E-state index in [4.69, 9.17) is 10.1 Å². The fourth-order valence-electron chi connectivity index (χ4n) is 3.62. The lowest BCUT2D eigenvalue weighted by Gasteiger charge is -2.33. The summed E-state index contributed by atoms with van der Waals surface area (Å²) >= 11 is 0. The van der Waals surface area contributed by atoms with Crippen LogP contribution in [0.1, 0.15) is 34.2 Å². The first-order valence-corrected chi connectivity index (χ1v) is 9.16. The fraction of sp³-hybridized carbons (Fsp3) is 0.368. The lowest BCUT2D eigenvalue weighted by Crippen LogP contribution is -2.45. The summed E-state index contributed by atoms with van der Waals surface area (Å²) < 4.78 is 15.2. The molecule has 0 aliphatic carbocycles. The van der Waals surface area contributed by atoms with Crippen LogP contribution in [0.15, 0.2) is 18.2 Å². The number of hydrogen-bond acceptors (Lipinski definition) is 5. The maximum atomic E-state index is 13.5. The Hall–Kier alpha value is -3.45. The molecular weight excluding hydrogens is 379 g/mol. The highest BCUT2D eigenvalue weighted by Gasteiger charge is 2.36. The van der Waals surface area contributed by atoms with Gasteiger partial charge in [-0.25, -0.2) is 14.2 Å². The van der Waals surface area contributed by atoms with Gasteiger partial charge in [0.25, 0.3) is 5.91 Å². The number of nitriles is 1. The number of aromatic nitrogens is 2. The van der Waals surface area contributed by atoms with E-state index in [1.165, 1.54) is 17.2 Å². The predicted molar refractivity (Wildman–Crippen MR) is 99.1 cm³/mol. The molecule has 9 nitrogen and oxygen atoms in total. The summed E-state index contributed by atoms with van der Waals surface area (Å²) in [7, 11) is 1.55. The van der Waals surface area contributed by atoms with Gasteiger partial charge in [-0.15, -0.1) is 0 Å². The predicted octanol–water partition coefficient (Wildman–Crippen LogP) is 1.89. The van der Waals surface area contributed by atoms with Crippen LogP contribution in [-0.4, -0.2) is 51.4 Å². The van der Waals surface area contributed by atoms with Crippen LogP contribution in [0.4, 0.5) is 14.9 Å². The van der Waals surface area contributed by atoms with Gasteiger partial charge in [-0.1, -0.05) is 0 Å². The second kappa shape index (κ2) is 7.18. The maximum Gasteiger partial charge on any atom is 0.322 e. The highest BCUT2D eigenvalue weighted by atomic mass is 19.1. The molecule has 10 heteroatoms. The largest absolute Gasteiger partial charge is 0.322 e. The van der Waals surface area contributed by atoms with Crippen molar-refractivity contribution < 1.29 is 18.8 Å². The third-order valence-electron chi connectivity index (χ3n) is 5.16. The maximum absolute atomic E-state index is 13.5. The van der Waals surface area contributed by atoms with Crippen molar-refractivity contribution in [2.45, 2.75) is 32.5 Å². The Bertz CT molecular complexity index is 1040. The molecule has 2 aliphatic heterocycles. The minimum atomic E-state index is -0.645. The molecule has 4 rings (SSSR count). The van der Waals surface area contributed by atoms with E-state index in [-0.39, 0.29) is 24.1 Å². The van der Waals surface area contributed by atoms with Crippen LogP contribution in [0.3, 0.4) is 0 Å². The number of nitrogens with zero attached hydrogens (tertiary/aromatic N) is 5. The number of urea groups is 1. The number of benzene rings is 1. The topological polar surface area (TPSA) is 103 Å². The van der Waals surface area contributed by atoms with Crippen molar-refractivity contribution in [2.75, 3.05) is 19.0 Å². The first kappa shape index (κ1) is 18.9. The van der Waals surface area contributed by atoms with Gasteiger partial charge >= 0.3 is 6.03 Å². The number of rotatable bonds is 1. The first-order valence-electron chi connectivity index (χ1n) is 9.16. The van der Waals surface area contributed by atoms with Gasteiger partial charge in [0.15, 0.2) is 0 Å². The second-order valence-electron chi connectivity index (χ2n) is 7.05. The number of amides is 3. The number of carbonyl (C=O) groups is 2. The standard InChI is InChI=1S/C19H19FN6O3/c1-11-7-16-14(17-18(27)24(2)29-6-5-26(17)23-16)10-25(11)19(28)22-13-3-4-15(20)12(8-13)9-21/h3-4,8,11H,5-7,10H2,1-2H3,(H,22,28). The van der Waals surface area contributed by atoms with E-state index in [1.807, 2.05) is 6.92 Å². The number of hydrogen-bond donors (Lipinski definition) is 1. The smallest absolute Gasteiger partial charge is 0.317 e. The van der Waals surface area contributed by atoms with Crippen molar-refractivity contribution in [2.24, 2.45) is 0 Å². The monoisotopic (exact) mass is 398 g/mol. The van der Waals surface area contributed by atoms with E-state index in [1.54, 1.807) is 22.7 Å². The van der Waals surface area contributed by atoms with Gasteiger partial charge in [0, 0.05) is 30.8 Å². The molecule has 150 valence electrons. The molecule has 29 heavy (non-hydrogen) atoms. The highest BCUT2D eigenvalue weighted by molar-refractivity contribution is 5.94. The molecule has 1 atom stereocenters. The Morgan fingerprint density at radius 2 is 2.24 bits per heavy atom. The SMILES string of the molecule is CC1Cc2nn3c(c2CN1C(=O)Nc1ccc(F)c(C#N)c1)C(=O)N(C)OCC3. The van der Waals surface area contributed by atoms with Crippen LogP contribution in [0.5, 0.6) is 0 Å². The van der Waals surface area contributed by atoms with Gasteiger partial charge in [-0.2, -0.15) is 10.4 Å². The number of fused-ring (bicyclic) bond motifs is 3. The van der Waals surface area contributed by atoms with Crippen molar-refractivity contribution in [3.63, 3.8) is 0 Å². The Morgan fingerprint density at radius 3 is 3.00 bits per heavy atom. The number of hydroxylamine groups is 2. The molecule has 3 amide bonds. The Kier molecular flexibility index (Phi) is 4.68. The van der Waals surface area contributed by atoms with Crippen molar-refractivity contribution in [3.8, 4) is 6.07 Å². The molecule has 0 spiro atoms. The number of halogens is 1. The van der Waals surface area contributed by atoms with Crippen LogP contribution in [-0.2, 0) is 24.3 Å². The molecule has 1 unspecified atom stereocenters. The van der Waals surface area contributed by atoms with E-state index in [0.29, 0.717) is 36.5 Å². The quantitative estimate of drug-likeness (QED) is 0.790. The van der Waals surface area contributed by atoms with Gasteiger partial charge < -0.3 is 10.2 Å². The van der Waals surface area contributed by atoms with Gasteiger partial charge in [-0.3, -0.25) is 14.3 Å². The average Bonchev–Trinajstić information content (AvgIpc) is 2.97. The molecule has 2 aromatic rings. The lowest BCUT2D eigenvalue weighted by molar-refractivity contribution is -0.103. The zero-order valence-electron chi connectivity index (χ0n) is 16.0. The highest BCUT2D eigenvalue weighted by Crippen LogP contribution is 2.28. The average molecular weight is 398 g/mol. The molecule has 2 aliphatic rings. The number of carbonyl (C=O) groups excluding carboxylic acids is 2. The summed E-state index contributed by atoms with van der Waals surface area (Å²) in [5.74, 6) is -0.947. The zero-order valence-corrected chi connectivity index (χ0v) is 16.0. The van der Waals surface area contributed by atoms with Gasteiger partial charge in [0.05, 0.1) is 31.0 Å². The van der Waals surface area contributed by atoms with Crippen LogP contribution >= 0.6 is 0 Å². The Balaban J connectivity index is 1.60. The van der Waals surface area contributed by atoms with Gasteiger partial charge in [-0.05, 0) is 25.1 Å². The zero-order chi connectivity index (χ0) is 20.7. The minimum Gasteiger partial charge on any atom is -0.317 e. The van der Waals surface area contributed by atoms with Crippen molar-refractivity contribution >= 4 is 17.6 Å². The molecule has 1 aromatic heterocycles. The molecule has 3 heterocycles. The lowest BCUT2D eigenvalue weighted by atomic mass is 9.99. The molecule has 0 fully saturated rings. The third-order valence-corrected chi connectivity index (χ3v) is 5.16. The number of nitrogens with one attached hydrogen (secondary N) is 1. The molecule has 0 saturated heterocycles.